The molecule has 0 aliphatic heterocycles. The summed E-state index contributed by atoms with van der Waals surface area (Å²) in [5, 5.41) is 9.74. The van der Waals surface area contributed by atoms with Crippen LogP contribution < -0.4 is 5.32 Å². The van der Waals surface area contributed by atoms with Gasteiger partial charge >= 0.3 is 0 Å². The van der Waals surface area contributed by atoms with Gasteiger partial charge in [0.1, 0.15) is 5.69 Å². The minimum absolute atomic E-state index is 0.0535. The lowest BCUT2D eigenvalue weighted by atomic mass is 10.0. The van der Waals surface area contributed by atoms with Gasteiger partial charge < -0.3 is 10.2 Å². The number of hydrogen-bond donors (Lipinski definition) is 1. The summed E-state index contributed by atoms with van der Waals surface area (Å²) in [7, 11) is 1.79. The Kier molecular flexibility index (Phi) is 7.00. The maximum atomic E-state index is 13.1. The fraction of sp³-hybridized carbons (Fsp3) is 0.192. The molecule has 0 saturated heterocycles. The average molecular weight is 459 g/mol. The number of nitrogens with zero attached hydrogens (tertiary/aromatic N) is 3. The quantitative estimate of drug-likeness (QED) is 0.411. The molecular weight excluding hydrogens is 432 g/mol. The van der Waals surface area contributed by atoms with Crippen LogP contribution in [0.3, 0.4) is 0 Å². The second kappa shape index (κ2) is 10.3. The van der Waals surface area contributed by atoms with Crippen LogP contribution in [0.2, 0.25) is 0 Å². The van der Waals surface area contributed by atoms with Gasteiger partial charge in [-0.05, 0) is 29.1 Å². The van der Waals surface area contributed by atoms with Crippen molar-refractivity contribution in [1.82, 2.24) is 20.0 Å². The van der Waals surface area contributed by atoms with Gasteiger partial charge in [-0.25, -0.2) is 4.68 Å². The number of rotatable bonds is 8. The Labute approximate surface area is 197 Å². The maximum absolute atomic E-state index is 13.1. The molecule has 0 radical (unpaired) electrons. The molecule has 33 heavy (non-hydrogen) atoms. The number of hydrogen-bond acceptors (Lipinski definition) is 4. The molecule has 0 spiro atoms. The molecule has 6 nitrogen and oxygen atoms in total. The van der Waals surface area contributed by atoms with E-state index >= 15 is 0 Å². The van der Waals surface area contributed by atoms with Crippen molar-refractivity contribution in [3.05, 3.63) is 95.5 Å². The molecule has 2 amide bonds. The molecule has 4 aromatic rings. The number of thiophene rings is 1. The Morgan fingerprint density at radius 3 is 2.36 bits per heavy atom. The maximum Gasteiger partial charge on any atom is 0.225 e. The summed E-state index contributed by atoms with van der Waals surface area (Å²) in [6.45, 7) is 1.88. The normalized spacial score (nSPS) is 11.7. The summed E-state index contributed by atoms with van der Waals surface area (Å²) in [5.74, 6) is -0.217. The molecule has 0 aliphatic rings. The van der Waals surface area contributed by atoms with Crippen LogP contribution in [0.25, 0.3) is 16.3 Å². The number of carbonyl (C=O) groups excluding carboxylic acids is 2. The first kappa shape index (κ1) is 22.5. The van der Waals surface area contributed by atoms with Gasteiger partial charge in [0.05, 0.1) is 23.0 Å². The monoisotopic (exact) mass is 458 g/mol. The third kappa shape index (κ3) is 5.56. The zero-order valence-corrected chi connectivity index (χ0v) is 19.5. The molecular formula is C26H26N4O2S. The Morgan fingerprint density at radius 2 is 1.73 bits per heavy atom. The Balaban J connectivity index is 1.55. The number of benzene rings is 2. The predicted octanol–water partition coefficient (Wildman–Crippen LogP) is 4.83. The van der Waals surface area contributed by atoms with Gasteiger partial charge in [-0.1, -0.05) is 54.6 Å². The molecule has 2 aromatic heterocycles. The third-order valence-electron chi connectivity index (χ3n) is 5.36. The minimum atomic E-state index is -0.373. The zero-order chi connectivity index (χ0) is 23.2. The van der Waals surface area contributed by atoms with Crippen LogP contribution >= 0.6 is 11.3 Å². The van der Waals surface area contributed by atoms with Crippen molar-refractivity contribution >= 4 is 23.2 Å². The molecule has 1 atom stereocenters. The molecule has 0 fully saturated rings. The van der Waals surface area contributed by atoms with Crippen LogP contribution in [-0.2, 0) is 16.1 Å². The fourth-order valence-electron chi connectivity index (χ4n) is 3.72. The molecule has 0 saturated carbocycles. The van der Waals surface area contributed by atoms with Crippen LogP contribution in [0, 0.1) is 0 Å². The lowest BCUT2D eigenvalue weighted by Gasteiger charge is -2.22. The van der Waals surface area contributed by atoms with Crippen molar-refractivity contribution in [3.63, 3.8) is 0 Å². The van der Waals surface area contributed by atoms with Crippen molar-refractivity contribution in [2.75, 3.05) is 7.05 Å². The van der Waals surface area contributed by atoms with Crippen molar-refractivity contribution in [2.45, 2.75) is 25.9 Å². The summed E-state index contributed by atoms with van der Waals surface area (Å²) in [4.78, 5) is 27.6. The number of para-hydroxylation sites is 1. The predicted molar refractivity (Wildman–Crippen MR) is 131 cm³/mol. The molecule has 2 heterocycles. The van der Waals surface area contributed by atoms with Gasteiger partial charge in [0.25, 0.3) is 0 Å². The molecule has 2 aromatic carbocycles. The van der Waals surface area contributed by atoms with E-state index in [2.05, 4.69) is 5.32 Å². The summed E-state index contributed by atoms with van der Waals surface area (Å²) in [6, 6.07) is 23.2. The summed E-state index contributed by atoms with van der Waals surface area (Å²) >= 11 is 1.62. The first-order valence-electron chi connectivity index (χ1n) is 10.7. The highest BCUT2D eigenvalue weighted by Crippen LogP contribution is 2.29. The molecule has 1 unspecified atom stereocenters. The van der Waals surface area contributed by atoms with E-state index in [0.29, 0.717) is 6.54 Å². The molecule has 4 rings (SSSR count). The van der Waals surface area contributed by atoms with Gasteiger partial charge in [0, 0.05) is 32.3 Å². The van der Waals surface area contributed by atoms with E-state index in [0.717, 1.165) is 27.4 Å². The molecule has 0 bridgehead atoms. The van der Waals surface area contributed by atoms with Crippen LogP contribution in [-0.4, -0.2) is 33.5 Å². The van der Waals surface area contributed by atoms with Crippen LogP contribution in [0.5, 0.6) is 0 Å². The fourth-order valence-corrected chi connectivity index (χ4v) is 4.46. The summed E-state index contributed by atoms with van der Waals surface area (Å²) in [5.41, 5.74) is 3.71. The SMILES string of the molecule is CC(=O)NC(CC(=O)N(C)Cc1cn(-c2ccccc2)nc1-c1cccs1)c1ccccc1. The Bertz CT molecular complexity index is 1200. The van der Waals surface area contributed by atoms with E-state index in [1.54, 1.807) is 23.3 Å². The van der Waals surface area contributed by atoms with Crippen molar-refractivity contribution in [1.29, 1.82) is 0 Å². The van der Waals surface area contributed by atoms with Gasteiger partial charge in [-0.15, -0.1) is 11.3 Å². The summed E-state index contributed by atoms with van der Waals surface area (Å²) < 4.78 is 1.85. The number of aromatic nitrogens is 2. The zero-order valence-electron chi connectivity index (χ0n) is 18.6. The van der Waals surface area contributed by atoms with Crippen LogP contribution in [0.4, 0.5) is 0 Å². The minimum Gasteiger partial charge on any atom is -0.349 e. The van der Waals surface area contributed by atoms with Crippen molar-refractivity contribution in [3.8, 4) is 16.3 Å². The topological polar surface area (TPSA) is 67.2 Å². The van der Waals surface area contributed by atoms with Gasteiger partial charge in [-0.3, -0.25) is 9.59 Å². The molecule has 168 valence electrons. The molecule has 0 aliphatic carbocycles. The first-order valence-corrected chi connectivity index (χ1v) is 11.6. The molecule has 7 heteroatoms. The Hall–Kier alpha value is -3.71. The van der Waals surface area contributed by atoms with E-state index in [4.69, 9.17) is 5.10 Å². The Morgan fingerprint density at radius 1 is 1.03 bits per heavy atom. The number of nitrogens with one attached hydrogen (secondary N) is 1. The number of carbonyl (C=O) groups is 2. The highest BCUT2D eigenvalue weighted by molar-refractivity contribution is 7.13. The first-order chi connectivity index (χ1) is 16.0. The lowest BCUT2D eigenvalue weighted by molar-refractivity contribution is -0.131. The second-order valence-electron chi connectivity index (χ2n) is 7.88. The lowest BCUT2D eigenvalue weighted by Crippen LogP contribution is -2.33. The van der Waals surface area contributed by atoms with Crippen molar-refractivity contribution in [2.24, 2.45) is 0 Å². The highest BCUT2D eigenvalue weighted by Gasteiger charge is 2.22. The third-order valence-corrected chi connectivity index (χ3v) is 6.23. The summed E-state index contributed by atoms with van der Waals surface area (Å²) in [6.07, 6.45) is 2.16. The average Bonchev–Trinajstić information content (AvgIpc) is 3.49. The smallest absolute Gasteiger partial charge is 0.225 e. The van der Waals surface area contributed by atoms with E-state index in [9.17, 15) is 9.59 Å². The van der Waals surface area contributed by atoms with E-state index in [1.807, 2.05) is 89.1 Å². The van der Waals surface area contributed by atoms with Gasteiger partial charge in [-0.2, -0.15) is 5.10 Å². The number of amides is 2. The van der Waals surface area contributed by atoms with Gasteiger partial charge in [0.2, 0.25) is 11.8 Å². The molecule has 1 N–H and O–H groups in total. The van der Waals surface area contributed by atoms with E-state index in [-0.39, 0.29) is 24.3 Å². The van der Waals surface area contributed by atoms with Crippen LogP contribution in [0.1, 0.15) is 30.5 Å². The van der Waals surface area contributed by atoms with Crippen LogP contribution in [0.15, 0.2) is 84.4 Å². The van der Waals surface area contributed by atoms with E-state index in [1.165, 1.54) is 6.92 Å². The second-order valence-corrected chi connectivity index (χ2v) is 8.83. The largest absolute Gasteiger partial charge is 0.349 e. The standard InChI is InChI=1S/C26H26N4O2S/c1-19(31)27-23(20-10-5-3-6-11-20)16-25(32)29(2)17-21-18-30(22-12-7-4-8-13-22)28-26(21)24-14-9-15-33-24/h3-15,18,23H,16-17H2,1-2H3,(H,27,31). The van der Waals surface area contributed by atoms with E-state index < -0.39 is 0 Å². The van der Waals surface area contributed by atoms with Gasteiger partial charge in [0.15, 0.2) is 0 Å². The highest BCUT2D eigenvalue weighted by atomic mass is 32.1. The van der Waals surface area contributed by atoms with Crippen molar-refractivity contribution < 1.29 is 9.59 Å².